The van der Waals surface area contributed by atoms with Crippen molar-refractivity contribution in [2.75, 3.05) is 0 Å². The average molecular weight is 610 g/mol. The molecule has 4 atom stereocenters. The Balaban J connectivity index is 1.83. The zero-order chi connectivity index (χ0) is 32.4. The van der Waals surface area contributed by atoms with E-state index >= 15 is 0 Å². The van der Waals surface area contributed by atoms with Gasteiger partial charge in [-0.05, 0) is 42.2 Å². The fourth-order valence-corrected chi connectivity index (χ4v) is 4.49. The second-order valence-corrected chi connectivity index (χ2v) is 10.2. The van der Waals surface area contributed by atoms with Crippen molar-refractivity contribution in [2.24, 2.45) is 17.2 Å². The van der Waals surface area contributed by atoms with Crippen LogP contribution in [0.25, 0.3) is 10.9 Å². The quantitative estimate of drug-likeness (QED) is 0.0929. The molecular formula is C29H35N7O8. The summed E-state index contributed by atoms with van der Waals surface area (Å²) in [5.74, 6) is -5.71. The monoisotopic (exact) mass is 609 g/mol. The number of aromatic amines is 1. The fourth-order valence-electron chi connectivity index (χ4n) is 4.49. The molecule has 0 spiro atoms. The summed E-state index contributed by atoms with van der Waals surface area (Å²) in [5, 5.41) is 26.9. The third-order valence-corrected chi connectivity index (χ3v) is 6.79. The molecule has 2 aromatic carbocycles. The van der Waals surface area contributed by atoms with Crippen LogP contribution in [0.15, 0.2) is 54.7 Å². The highest BCUT2D eigenvalue weighted by atomic mass is 16.4. The van der Waals surface area contributed by atoms with E-state index in [1.165, 1.54) is 12.1 Å². The molecule has 234 valence electrons. The molecule has 0 saturated carbocycles. The number of carbonyl (C=O) groups is 6. The third-order valence-electron chi connectivity index (χ3n) is 6.79. The van der Waals surface area contributed by atoms with Crippen molar-refractivity contribution in [2.45, 2.75) is 56.3 Å². The molecule has 5 amide bonds. The predicted octanol–water partition coefficient (Wildman–Crippen LogP) is -1.33. The maximum absolute atomic E-state index is 13.5. The number of aliphatic carboxylic acids is 1. The Kier molecular flexibility index (Phi) is 11.4. The summed E-state index contributed by atoms with van der Waals surface area (Å²) in [7, 11) is 0. The minimum atomic E-state index is -1.66. The zero-order valence-electron chi connectivity index (χ0n) is 23.6. The van der Waals surface area contributed by atoms with E-state index in [9.17, 15) is 39.0 Å². The van der Waals surface area contributed by atoms with Gasteiger partial charge in [0.1, 0.15) is 23.9 Å². The Bertz CT molecular complexity index is 1520. The lowest BCUT2D eigenvalue weighted by atomic mass is 10.0. The van der Waals surface area contributed by atoms with E-state index in [4.69, 9.17) is 17.2 Å². The number of carboxylic acids is 1. The summed E-state index contributed by atoms with van der Waals surface area (Å²) >= 11 is 0. The van der Waals surface area contributed by atoms with Crippen molar-refractivity contribution < 1.29 is 39.0 Å². The van der Waals surface area contributed by atoms with Gasteiger partial charge in [0, 0.05) is 29.9 Å². The van der Waals surface area contributed by atoms with Gasteiger partial charge in [-0.25, -0.2) is 4.79 Å². The second-order valence-electron chi connectivity index (χ2n) is 10.2. The van der Waals surface area contributed by atoms with Crippen LogP contribution in [0.2, 0.25) is 0 Å². The molecule has 15 heteroatoms. The summed E-state index contributed by atoms with van der Waals surface area (Å²) in [4.78, 5) is 77.4. The minimum absolute atomic E-state index is 0.0329. The van der Waals surface area contributed by atoms with Crippen LogP contribution in [0.4, 0.5) is 0 Å². The topological polar surface area (TPSA) is 273 Å². The Morgan fingerprint density at radius 3 is 2.02 bits per heavy atom. The molecule has 15 nitrogen and oxygen atoms in total. The number of nitrogens with two attached hydrogens (primary N) is 3. The predicted molar refractivity (Wildman–Crippen MR) is 157 cm³/mol. The number of phenolic OH excluding ortho intramolecular Hbond substituents is 1. The molecule has 0 bridgehead atoms. The van der Waals surface area contributed by atoms with E-state index in [0.29, 0.717) is 11.1 Å². The number of H-pyrrole nitrogens is 1. The van der Waals surface area contributed by atoms with Crippen molar-refractivity contribution in [3.63, 3.8) is 0 Å². The minimum Gasteiger partial charge on any atom is -0.508 e. The molecule has 1 aromatic heterocycles. The average Bonchev–Trinajstić information content (AvgIpc) is 3.37. The van der Waals surface area contributed by atoms with E-state index in [2.05, 4.69) is 20.9 Å². The van der Waals surface area contributed by atoms with Crippen LogP contribution < -0.4 is 33.2 Å². The van der Waals surface area contributed by atoms with Crippen LogP contribution in [0, 0.1) is 0 Å². The zero-order valence-corrected chi connectivity index (χ0v) is 23.6. The molecule has 0 radical (unpaired) electrons. The van der Waals surface area contributed by atoms with Crippen LogP contribution in [0.3, 0.4) is 0 Å². The van der Waals surface area contributed by atoms with E-state index in [-0.39, 0.29) is 31.4 Å². The van der Waals surface area contributed by atoms with Gasteiger partial charge in [0.05, 0.1) is 12.5 Å². The number of aromatic hydroxyl groups is 1. The first-order valence-electron chi connectivity index (χ1n) is 13.6. The molecule has 3 aromatic rings. The number of aromatic nitrogens is 1. The van der Waals surface area contributed by atoms with Gasteiger partial charge in [0.15, 0.2) is 0 Å². The summed E-state index contributed by atoms with van der Waals surface area (Å²) in [6, 6.07) is 7.69. The van der Waals surface area contributed by atoms with E-state index in [1.807, 2.05) is 0 Å². The van der Waals surface area contributed by atoms with Crippen LogP contribution >= 0.6 is 0 Å². The first kappa shape index (κ1) is 33.1. The highest BCUT2D eigenvalue weighted by molar-refractivity contribution is 5.96. The molecule has 44 heavy (non-hydrogen) atoms. The number of hydrogen-bond acceptors (Lipinski definition) is 8. The summed E-state index contributed by atoms with van der Waals surface area (Å²) in [6.07, 6.45) is 0.388. The number of benzene rings is 2. The van der Waals surface area contributed by atoms with Crippen molar-refractivity contribution in [1.82, 2.24) is 20.9 Å². The van der Waals surface area contributed by atoms with Gasteiger partial charge in [0.2, 0.25) is 29.5 Å². The molecular weight excluding hydrogens is 574 g/mol. The van der Waals surface area contributed by atoms with E-state index < -0.39 is 66.1 Å². The lowest BCUT2D eigenvalue weighted by molar-refractivity contribution is -0.143. The van der Waals surface area contributed by atoms with Crippen molar-refractivity contribution >= 4 is 46.4 Å². The normalized spacial score (nSPS) is 13.7. The number of fused-ring (bicyclic) bond motifs is 1. The van der Waals surface area contributed by atoms with Gasteiger partial charge >= 0.3 is 5.97 Å². The van der Waals surface area contributed by atoms with Gasteiger partial charge < -0.3 is 48.3 Å². The van der Waals surface area contributed by atoms with Gasteiger partial charge in [0.25, 0.3) is 0 Å². The summed E-state index contributed by atoms with van der Waals surface area (Å²) in [5.41, 5.74) is 18.5. The molecule has 3 rings (SSSR count). The molecule has 4 unspecified atom stereocenters. The molecule has 0 aliphatic carbocycles. The summed E-state index contributed by atoms with van der Waals surface area (Å²) < 4.78 is 0. The van der Waals surface area contributed by atoms with Crippen LogP contribution in [0.1, 0.15) is 30.4 Å². The van der Waals surface area contributed by atoms with E-state index in [0.717, 1.165) is 10.9 Å². The number of hydrogen-bond donors (Lipinski definition) is 9. The standard InChI is InChI=1S/C29H35N7O8/c30-19(11-15-5-7-17(37)8-6-15)26(40)34-21(9-10-24(31)38)27(41)35-22(28(42)36-23(29(43)44)13-25(32)39)12-16-14-33-20-4-2-1-3-18(16)20/h1-8,14,19,21-23,33,37H,9-13,30H2,(H2,31,38)(H2,32,39)(H,34,40)(H,35,41)(H,36,42)(H,43,44). The SMILES string of the molecule is NC(=O)CCC(NC(=O)C(N)Cc1ccc(O)cc1)C(=O)NC(Cc1c[nH]c2ccccc12)C(=O)NC(CC(N)=O)C(=O)O. The molecule has 0 saturated heterocycles. The van der Waals surface area contributed by atoms with Gasteiger partial charge in [-0.15, -0.1) is 0 Å². The largest absolute Gasteiger partial charge is 0.508 e. The first-order chi connectivity index (χ1) is 20.8. The fraction of sp³-hybridized carbons (Fsp3) is 0.310. The molecule has 12 N–H and O–H groups in total. The van der Waals surface area contributed by atoms with Crippen molar-refractivity contribution in [1.29, 1.82) is 0 Å². The number of carbonyl (C=O) groups excluding carboxylic acids is 5. The second kappa shape index (κ2) is 15.2. The lowest BCUT2D eigenvalue weighted by Gasteiger charge is -2.25. The Morgan fingerprint density at radius 2 is 1.39 bits per heavy atom. The Hall–Kier alpha value is -5.44. The highest BCUT2D eigenvalue weighted by Crippen LogP contribution is 2.19. The van der Waals surface area contributed by atoms with Crippen LogP contribution in [-0.2, 0) is 41.6 Å². The molecule has 0 fully saturated rings. The highest BCUT2D eigenvalue weighted by Gasteiger charge is 2.31. The van der Waals surface area contributed by atoms with Crippen LogP contribution in [-0.4, -0.2) is 74.9 Å². The van der Waals surface area contributed by atoms with Gasteiger partial charge in [-0.2, -0.15) is 0 Å². The third kappa shape index (κ3) is 9.55. The van der Waals surface area contributed by atoms with Crippen molar-refractivity contribution in [3.05, 3.63) is 65.9 Å². The smallest absolute Gasteiger partial charge is 0.326 e. The van der Waals surface area contributed by atoms with Gasteiger partial charge in [-0.3, -0.25) is 24.0 Å². The maximum Gasteiger partial charge on any atom is 0.326 e. The van der Waals surface area contributed by atoms with Crippen molar-refractivity contribution in [3.8, 4) is 5.75 Å². The van der Waals surface area contributed by atoms with Gasteiger partial charge in [-0.1, -0.05) is 30.3 Å². The lowest BCUT2D eigenvalue weighted by Crippen LogP contribution is -2.58. The number of amides is 5. The summed E-state index contributed by atoms with van der Waals surface area (Å²) in [6.45, 7) is 0. The molecule has 0 aliphatic rings. The number of rotatable bonds is 16. The first-order valence-corrected chi connectivity index (χ1v) is 13.6. The molecule has 0 aliphatic heterocycles. The number of carboxylic acid groups (broad SMARTS) is 1. The Labute approximate surface area is 251 Å². The number of primary amides is 2. The van der Waals surface area contributed by atoms with E-state index in [1.54, 1.807) is 42.6 Å². The number of para-hydroxylation sites is 1. The maximum atomic E-state index is 13.5. The molecule has 1 heterocycles. The van der Waals surface area contributed by atoms with Crippen LogP contribution in [0.5, 0.6) is 5.75 Å². The number of nitrogens with one attached hydrogen (secondary N) is 4. The Morgan fingerprint density at radius 1 is 0.773 bits per heavy atom. The number of phenols is 1.